The summed E-state index contributed by atoms with van der Waals surface area (Å²) in [5.41, 5.74) is 0.694. The molecule has 2 heterocycles. The molecule has 11 nitrogen and oxygen atoms in total. The Morgan fingerprint density at radius 1 is 1.00 bits per heavy atom. The van der Waals surface area contributed by atoms with Crippen LogP contribution in [0, 0.1) is 6.92 Å². The zero-order valence-electron chi connectivity index (χ0n) is 20.1. The summed E-state index contributed by atoms with van der Waals surface area (Å²) in [6, 6.07) is 9.45. The molecule has 4 rings (SSSR count). The van der Waals surface area contributed by atoms with E-state index in [2.05, 4.69) is 15.3 Å². The molecule has 1 atom stereocenters. The van der Waals surface area contributed by atoms with Crippen LogP contribution in [0.1, 0.15) is 29.2 Å². The number of rotatable bonds is 8. The Morgan fingerprint density at radius 2 is 1.72 bits per heavy atom. The highest BCUT2D eigenvalue weighted by Crippen LogP contribution is 2.46. The molecule has 188 valence electrons. The molecule has 0 radical (unpaired) electrons. The van der Waals surface area contributed by atoms with Gasteiger partial charge in [-0.25, -0.2) is 9.59 Å². The Hall–Kier alpha value is -4.67. The van der Waals surface area contributed by atoms with Crippen molar-refractivity contribution in [2.45, 2.75) is 19.3 Å². The summed E-state index contributed by atoms with van der Waals surface area (Å²) < 4.78 is 21.6. The number of aromatic nitrogens is 2. The summed E-state index contributed by atoms with van der Waals surface area (Å²) in [4.78, 5) is 42.8. The lowest BCUT2D eigenvalue weighted by Gasteiger charge is -2.22. The van der Waals surface area contributed by atoms with Crippen molar-refractivity contribution in [3.63, 3.8) is 0 Å². The van der Waals surface area contributed by atoms with E-state index in [0.29, 0.717) is 28.0 Å². The number of ether oxygens (including phenoxy) is 3. The smallest absolute Gasteiger partial charge is 0.343 e. The van der Waals surface area contributed by atoms with Gasteiger partial charge in [0.1, 0.15) is 11.5 Å². The molecule has 0 bridgehead atoms. The van der Waals surface area contributed by atoms with E-state index in [1.165, 1.54) is 34.3 Å². The van der Waals surface area contributed by atoms with E-state index < -0.39 is 17.5 Å². The second-order valence-corrected chi connectivity index (χ2v) is 8.01. The number of fused-ring (bicyclic) bond motifs is 1. The molecule has 36 heavy (non-hydrogen) atoms. The normalized spacial score (nSPS) is 11.8. The van der Waals surface area contributed by atoms with Crippen LogP contribution < -0.4 is 30.8 Å². The molecule has 1 amide bonds. The fourth-order valence-electron chi connectivity index (χ4n) is 4.20. The summed E-state index contributed by atoms with van der Waals surface area (Å²) in [6.07, 6.45) is -0.255. The minimum absolute atomic E-state index is 0.105. The van der Waals surface area contributed by atoms with E-state index >= 15 is 0 Å². The number of nitrogens with one attached hydrogen (secondary N) is 3. The summed E-state index contributed by atoms with van der Waals surface area (Å²) in [7, 11) is 4.32. The maximum atomic E-state index is 13.2. The predicted molar refractivity (Wildman–Crippen MR) is 131 cm³/mol. The standard InChI is InChI=1S/C25H25N3O8/c1-12-9-18(29)21(24(31)36-12)15(14-6-8-19(33-2)23(35-4)22(14)34-3)11-20(30)26-13-5-7-16-17(10-13)28-25(32)27-16/h5-10,15,29H,11H2,1-4H3,(H,26,30)(H2,27,28,32). The molecule has 0 saturated heterocycles. The molecular formula is C25H25N3O8. The summed E-state index contributed by atoms with van der Waals surface area (Å²) in [5, 5.41) is 13.5. The molecule has 1 unspecified atom stereocenters. The van der Waals surface area contributed by atoms with E-state index in [4.69, 9.17) is 18.6 Å². The maximum absolute atomic E-state index is 13.2. The third-order valence-electron chi connectivity index (χ3n) is 5.74. The van der Waals surface area contributed by atoms with Crippen molar-refractivity contribution in [2.75, 3.05) is 26.6 Å². The van der Waals surface area contributed by atoms with Gasteiger partial charge >= 0.3 is 11.3 Å². The Labute approximate surface area is 204 Å². The molecule has 0 fully saturated rings. The molecule has 0 aliphatic carbocycles. The highest BCUT2D eigenvalue weighted by molar-refractivity contribution is 5.93. The third kappa shape index (κ3) is 4.63. The average Bonchev–Trinajstić information content (AvgIpc) is 3.20. The first kappa shape index (κ1) is 24.5. The lowest BCUT2D eigenvalue weighted by atomic mass is 9.87. The van der Waals surface area contributed by atoms with Crippen molar-refractivity contribution < 1.29 is 28.5 Å². The number of amides is 1. The number of hydrogen-bond acceptors (Lipinski definition) is 8. The van der Waals surface area contributed by atoms with Gasteiger partial charge in [-0.15, -0.1) is 0 Å². The molecule has 0 aliphatic rings. The second-order valence-electron chi connectivity index (χ2n) is 8.01. The number of carbonyl (C=O) groups excluding carboxylic acids is 1. The number of aromatic amines is 2. The van der Waals surface area contributed by atoms with Crippen LogP contribution >= 0.6 is 0 Å². The third-order valence-corrected chi connectivity index (χ3v) is 5.74. The van der Waals surface area contributed by atoms with E-state index in [9.17, 15) is 19.5 Å². The van der Waals surface area contributed by atoms with Gasteiger partial charge in [0.2, 0.25) is 11.7 Å². The van der Waals surface area contributed by atoms with Gasteiger partial charge in [0.15, 0.2) is 11.5 Å². The van der Waals surface area contributed by atoms with E-state index in [1.54, 1.807) is 30.3 Å². The van der Waals surface area contributed by atoms with Gasteiger partial charge in [0, 0.05) is 29.7 Å². The van der Waals surface area contributed by atoms with Gasteiger partial charge in [-0.2, -0.15) is 0 Å². The van der Waals surface area contributed by atoms with E-state index in [1.807, 2.05) is 0 Å². The van der Waals surface area contributed by atoms with Crippen molar-refractivity contribution in [1.82, 2.24) is 9.97 Å². The van der Waals surface area contributed by atoms with Gasteiger partial charge in [0.05, 0.1) is 37.9 Å². The number of aryl methyl sites for hydroxylation is 1. The highest BCUT2D eigenvalue weighted by atomic mass is 16.5. The molecule has 4 N–H and O–H groups in total. The van der Waals surface area contributed by atoms with Crippen LogP contribution in [-0.2, 0) is 4.79 Å². The minimum atomic E-state index is -0.965. The van der Waals surface area contributed by atoms with Crippen molar-refractivity contribution >= 4 is 22.6 Å². The minimum Gasteiger partial charge on any atom is -0.507 e. The lowest BCUT2D eigenvalue weighted by Crippen LogP contribution is -2.21. The largest absolute Gasteiger partial charge is 0.507 e. The quantitative estimate of drug-likeness (QED) is 0.291. The maximum Gasteiger partial charge on any atom is 0.343 e. The summed E-state index contributed by atoms with van der Waals surface area (Å²) in [6.45, 7) is 1.53. The molecule has 2 aromatic heterocycles. The Bertz CT molecular complexity index is 1550. The second kappa shape index (κ2) is 9.90. The first-order valence-electron chi connectivity index (χ1n) is 10.9. The van der Waals surface area contributed by atoms with Crippen LogP contribution in [0.5, 0.6) is 23.0 Å². The number of anilines is 1. The van der Waals surface area contributed by atoms with Crippen LogP contribution in [0.3, 0.4) is 0 Å². The van der Waals surface area contributed by atoms with Crippen LogP contribution in [0.2, 0.25) is 0 Å². The Morgan fingerprint density at radius 3 is 2.39 bits per heavy atom. The summed E-state index contributed by atoms with van der Waals surface area (Å²) >= 11 is 0. The molecule has 4 aromatic rings. The van der Waals surface area contributed by atoms with Gasteiger partial charge in [-0.05, 0) is 31.2 Å². The topological polar surface area (TPSA) is 156 Å². The molecular weight excluding hydrogens is 470 g/mol. The molecule has 0 saturated carbocycles. The fourth-order valence-corrected chi connectivity index (χ4v) is 4.20. The predicted octanol–water partition coefficient (Wildman–Crippen LogP) is 3.01. The number of hydrogen-bond donors (Lipinski definition) is 4. The molecule has 2 aromatic carbocycles. The fraction of sp³-hybridized carbons (Fsp3) is 0.240. The van der Waals surface area contributed by atoms with Crippen LogP contribution in [-0.4, -0.2) is 42.3 Å². The van der Waals surface area contributed by atoms with Crippen molar-refractivity contribution in [2.24, 2.45) is 0 Å². The first-order valence-corrected chi connectivity index (χ1v) is 10.9. The SMILES string of the molecule is COc1ccc(C(CC(=O)Nc2ccc3[nH]c(=O)[nH]c3c2)c2c(O)cc(C)oc2=O)c(OC)c1OC. The van der Waals surface area contributed by atoms with Gasteiger partial charge in [0.25, 0.3) is 0 Å². The van der Waals surface area contributed by atoms with Gasteiger partial charge < -0.3 is 39.0 Å². The average molecular weight is 495 g/mol. The molecule has 0 spiro atoms. The van der Waals surface area contributed by atoms with Gasteiger partial charge in [-0.1, -0.05) is 6.07 Å². The number of H-pyrrole nitrogens is 2. The highest BCUT2D eigenvalue weighted by Gasteiger charge is 2.30. The number of methoxy groups -OCH3 is 3. The molecule has 0 aliphatic heterocycles. The van der Waals surface area contributed by atoms with Gasteiger partial charge in [-0.3, -0.25) is 4.79 Å². The zero-order valence-corrected chi connectivity index (χ0v) is 20.1. The number of imidazole rings is 1. The Kier molecular flexibility index (Phi) is 6.73. The molecule has 11 heteroatoms. The monoisotopic (exact) mass is 495 g/mol. The number of benzene rings is 2. The van der Waals surface area contributed by atoms with E-state index in [-0.39, 0.29) is 40.7 Å². The zero-order chi connectivity index (χ0) is 26.0. The summed E-state index contributed by atoms with van der Waals surface area (Å²) in [5.74, 6) is -0.639. The van der Waals surface area contributed by atoms with E-state index in [0.717, 1.165) is 0 Å². The lowest BCUT2D eigenvalue weighted by molar-refractivity contribution is -0.116. The van der Waals surface area contributed by atoms with Crippen LogP contribution in [0.15, 0.2) is 50.4 Å². The number of carbonyl (C=O) groups is 1. The van der Waals surface area contributed by atoms with Crippen LogP contribution in [0.4, 0.5) is 5.69 Å². The van der Waals surface area contributed by atoms with Crippen molar-refractivity contribution in [3.05, 3.63) is 74.2 Å². The Balaban J connectivity index is 1.78. The van der Waals surface area contributed by atoms with Crippen molar-refractivity contribution in [1.29, 1.82) is 0 Å². The van der Waals surface area contributed by atoms with Crippen LogP contribution in [0.25, 0.3) is 11.0 Å². The number of aromatic hydroxyl groups is 1. The van der Waals surface area contributed by atoms with Crippen molar-refractivity contribution in [3.8, 4) is 23.0 Å². The first-order chi connectivity index (χ1) is 17.2.